The normalized spacial score (nSPS) is 13.7. The van der Waals surface area contributed by atoms with E-state index < -0.39 is 0 Å². The Labute approximate surface area is 84.6 Å². The van der Waals surface area contributed by atoms with Gasteiger partial charge in [0, 0.05) is 5.92 Å². The number of oxime groups is 1. The van der Waals surface area contributed by atoms with Gasteiger partial charge in [0.1, 0.15) is 0 Å². The Morgan fingerprint density at radius 2 is 1.93 bits per heavy atom. The van der Waals surface area contributed by atoms with Crippen molar-refractivity contribution in [2.75, 3.05) is 0 Å². The maximum atomic E-state index is 8.95. The van der Waals surface area contributed by atoms with E-state index in [1.54, 1.807) is 0 Å². The van der Waals surface area contributed by atoms with Crippen LogP contribution in [-0.2, 0) is 0 Å². The summed E-state index contributed by atoms with van der Waals surface area (Å²) >= 11 is 0. The third-order valence-electron chi connectivity index (χ3n) is 2.33. The fraction of sp³-hybridized carbons (Fsp3) is 0.250. The smallest absolute Gasteiger partial charge is 0.0935 e. The van der Waals surface area contributed by atoms with E-state index in [2.05, 4.69) is 11.7 Å². The SMILES string of the molecule is C=C(C)C(C)C(=NO)c1ccccc1. The molecule has 0 aliphatic rings. The number of hydrogen-bond donors (Lipinski definition) is 1. The van der Waals surface area contributed by atoms with Crippen LogP contribution >= 0.6 is 0 Å². The number of hydrogen-bond acceptors (Lipinski definition) is 2. The average Bonchev–Trinajstić information content (AvgIpc) is 2.20. The largest absolute Gasteiger partial charge is 0.411 e. The zero-order valence-corrected chi connectivity index (χ0v) is 8.57. The summed E-state index contributed by atoms with van der Waals surface area (Å²) in [6.07, 6.45) is 0. The van der Waals surface area contributed by atoms with Crippen molar-refractivity contribution in [3.05, 3.63) is 48.0 Å². The molecule has 0 radical (unpaired) electrons. The van der Waals surface area contributed by atoms with Gasteiger partial charge < -0.3 is 5.21 Å². The molecule has 1 unspecified atom stereocenters. The van der Waals surface area contributed by atoms with Crippen LogP contribution in [0.25, 0.3) is 0 Å². The molecule has 0 saturated carbocycles. The summed E-state index contributed by atoms with van der Waals surface area (Å²) in [5, 5.41) is 12.3. The number of nitrogens with zero attached hydrogens (tertiary/aromatic N) is 1. The second kappa shape index (κ2) is 4.61. The molecule has 2 heteroatoms. The topological polar surface area (TPSA) is 32.6 Å². The van der Waals surface area contributed by atoms with Gasteiger partial charge in [0.25, 0.3) is 0 Å². The molecule has 0 aliphatic carbocycles. The van der Waals surface area contributed by atoms with E-state index in [0.717, 1.165) is 11.1 Å². The first-order valence-corrected chi connectivity index (χ1v) is 4.59. The van der Waals surface area contributed by atoms with Crippen LogP contribution in [-0.4, -0.2) is 10.9 Å². The maximum absolute atomic E-state index is 8.95. The van der Waals surface area contributed by atoms with Crippen molar-refractivity contribution in [3.63, 3.8) is 0 Å². The van der Waals surface area contributed by atoms with E-state index in [1.165, 1.54) is 0 Å². The minimum atomic E-state index is 0.0717. The van der Waals surface area contributed by atoms with Crippen molar-refractivity contribution < 1.29 is 5.21 Å². The predicted molar refractivity (Wildman–Crippen MR) is 58.7 cm³/mol. The minimum absolute atomic E-state index is 0.0717. The molecule has 0 aliphatic heterocycles. The molecule has 0 fully saturated rings. The van der Waals surface area contributed by atoms with Gasteiger partial charge in [-0.05, 0) is 12.5 Å². The fourth-order valence-electron chi connectivity index (χ4n) is 1.24. The first-order chi connectivity index (χ1) is 6.66. The molecule has 0 bridgehead atoms. The Kier molecular flexibility index (Phi) is 3.46. The van der Waals surface area contributed by atoms with Gasteiger partial charge >= 0.3 is 0 Å². The van der Waals surface area contributed by atoms with E-state index in [1.807, 2.05) is 44.2 Å². The van der Waals surface area contributed by atoms with Crippen molar-refractivity contribution in [2.45, 2.75) is 13.8 Å². The molecule has 0 saturated heterocycles. The third kappa shape index (κ3) is 2.22. The van der Waals surface area contributed by atoms with E-state index in [9.17, 15) is 0 Å². The summed E-state index contributed by atoms with van der Waals surface area (Å²) in [6, 6.07) is 9.63. The van der Waals surface area contributed by atoms with Crippen molar-refractivity contribution >= 4 is 5.71 Å². The highest BCUT2D eigenvalue weighted by Gasteiger charge is 2.13. The van der Waals surface area contributed by atoms with Crippen LogP contribution in [0.3, 0.4) is 0 Å². The molecule has 0 spiro atoms. The molecule has 0 amide bonds. The molecule has 1 N–H and O–H groups in total. The van der Waals surface area contributed by atoms with Crippen LogP contribution in [0.15, 0.2) is 47.6 Å². The molecule has 0 heterocycles. The molecule has 14 heavy (non-hydrogen) atoms. The van der Waals surface area contributed by atoms with Gasteiger partial charge in [-0.25, -0.2) is 0 Å². The molecule has 1 rings (SSSR count). The van der Waals surface area contributed by atoms with Gasteiger partial charge in [0.2, 0.25) is 0 Å². The molecule has 1 atom stereocenters. The predicted octanol–water partition coefficient (Wildman–Crippen LogP) is 3.08. The first-order valence-electron chi connectivity index (χ1n) is 4.59. The second-order valence-electron chi connectivity index (χ2n) is 3.42. The minimum Gasteiger partial charge on any atom is -0.411 e. The fourth-order valence-corrected chi connectivity index (χ4v) is 1.24. The third-order valence-corrected chi connectivity index (χ3v) is 2.33. The van der Waals surface area contributed by atoms with E-state index >= 15 is 0 Å². The Morgan fingerprint density at radius 1 is 1.36 bits per heavy atom. The lowest BCUT2D eigenvalue weighted by atomic mass is 9.93. The van der Waals surface area contributed by atoms with Gasteiger partial charge in [-0.2, -0.15) is 0 Å². The Morgan fingerprint density at radius 3 is 2.36 bits per heavy atom. The summed E-state index contributed by atoms with van der Waals surface area (Å²) < 4.78 is 0. The molecular formula is C12H15NO. The van der Waals surface area contributed by atoms with Crippen LogP contribution in [0.5, 0.6) is 0 Å². The van der Waals surface area contributed by atoms with Crippen molar-refractivity contribution in [1.29, 1.82) is 0 Å². The maximum Gasteiger partial charge on any atom is 0.0935 e. The Hall–Kier alpha value is -1.57. The number of allylic oxidation sites excluding steroid dienone is 1. The van der Waals surface area contributed by atoms with Gasteiger partial charge in [-0.3, -0.25) is 0 Å². The number of benzene rings is 1. The van der Waals surface area contributed by atoms with Crippen LogP contribution in [0.4, 0.5) is 0 Å². The van der Waals surface area contributed by atoms with Crippen molar-refractivity contribution in [1.82, 2.24) is 0 Å². The molecule has 0 aromatic heterocycles. The first kappa shape index (κ1) is 10.5. The van der Waals surface area contributed by atoms with Crippen LogP contribution in [0, 0.1) is 5.92 Å². The van der Waals surface area contributed by atoms with Gasteiger partial charge in [0.05, 0.1) is 5.71 Å². The van der Waals surface area contributed by atoms with Crippen LogP contribution in [0.1, 0.15) is 19.4 Å². The monoisotopic (exact) mass is 189 g/mol. The lowest BCUT2D eigenvalue weighted by Gasteiger charge is -2.12. The average molecular weight is 189 g/mol. The lowest BCUT2D eigenvalue weighted by molar-refractivity contribution is 0.316. The van der Waals surface area contributed by atoms with Gasteiger partial charge in [0.15, 0.2) is 0 Å². The highest BCUT2D eigenvalue weighted by Crippen LogP contribution is 2.15. The Balaban J connectivity index is 3.01. The highest BCUT2D eigenvalue weighted by molar-refractivity contribution is 6.03. The summed E-state index contributed by atoms with van der Waals surface area (Å²) in [6.45, 7) is 7.76. The zero-order chi connectivity index (χ0) is 10.6. The Bertz CT molecular complexity index is 341. The summed E-state index contributed by atoms with van der Waals surface area (Å²) in [7, 11) is 0. The van der Waals surface area contributed by atoms with Gasteiger partial charge in [-0.1, -0.05) is 54.6 Å². The molecule has 2 nitrogen and oxygen atoms in total. The van der Waals surface area contributed by atoms with E-state index in [4.69, 9.17) is 5.21 Å². The highest BCUT2D eigenvalue weighted by atomic mass is 16.4. The van der Waals surface area contributed by atoms with E-state index in [0.29, 0.717) is 5.71 Å². The van der Waals surface area contributed by atoms with Crippen LogP contribution in [0.2, 0.25) is 0 Å². The molecular weight excluding hydrogens is 174 g/mol. The molecule has 74 valence electrons. The van der Waals surface area contributed by atoms with E-state index in [-0.39, 0.29) is 5.92 Å². The molecule has 1 aromatic carbocycles. The zero-order valence-electron chi connectivity index (χ0n) is 8.57. The standard InChI is InChI=1S/C12H15NO/c1-9(2)10(3)12(13-14)11-7-5-4-6-8-11/h4-8,10,14H,1H2,2-3H3. The number of rotatable bonds is 3. The summed E-state index contributed by atoms with van der Waals surface area (Å²) in [5.74, 6) is 0.0717. The van der Waals surface area contributed by atoms with Crippen LogP contribution < -0.4 is 0 Å². The summed E-state index contributed by atoms with van der Waals surface area (Å²) in [5.41, 5.74) is 2.59. The molecule has 1 aromatic rings. The summed E-state index contributed by atoms with van der Waals surface area (Å²) in [4.78, 5) is 0. The van der Waals surface area contributed by atoms with Gasteiger partial charge in [-0.15, -0.1) is 0 Å². The van der Waals surface area contributed by atoms with Crippen molar-refractivity contribution in [2.24, 2.45) is 11.1 Å². The van der Waals surface area contributed by atoms with Crippen molar-refractivity contribution in [3.8, 4) is 0 Å². The second-order valence-corrected chi connectivity index (χ2v) is 3.42. The quantitative estimate of drug-likeness (QED) is 0.337. The lowest BCUT2D eigenvalue weighted by Crippen LogP contribution is -2.13.